The highest BCUT2D eigenvalue weighted by molar-refractivity contribution is 6.59. The van der Waals surface area contributed by atoms with Crippen LogP contribution in [-0.2, 0) is 12.7 Å². The van der Waals surface area contributed by atoms with Crippen LogP contribution in [-0.4, -0.2) is 6.71 Å². The maximum atomic E-state index is 4.33. The predicted octanol–water partition coefficient (Wildman–Crippen LogP) is 9.95. The molecule has 0 aliphatic heterocycles. The number of benzene rings is 2. The molecular formula is C31H51B. The van der Waals surface area contributed by atoms with Gasteiger partial charge in [0.2, 0.25) is 0 Å². The highest BCUT2D eigenvalue weighted by Crippen LogP contribution is 2.23. The van der Waals surface area contributed by atoms with Gasteiger partial charge in [-0.15, -0.1) is 6.58 Å². The first-order chi connectivity index (χ1) is 15.3. The van der Waals surface area contributed by atoms with Gasteiger partial charge in [-0.3, -0.25) is 0 Å². The number of rotatable bonds is 10. The Morgan fingerprint density at radius 1 is 0.844 bits per heavy atom. The highest BCUT2D eigenvalue weighted by Gasteiger charge is 2.18. The number of aryl methyl sites for hydroxylation is 2. The van der Waals surface area contributed by atoms with Crippen molar-refractivity contribution in [3.05, 3.63) is 82.9 Å². The zero-order chi connectivity index (χ0) is 24.4. The fraction of sp³-hybridized carbons (Fsp3) is 0.548. The van der Waals surface area contributed by atoms with E-state index >= 15 is 0 Å². The van der Waals surface area contributed by atoms with Gasteiger partial charge in [-0.1, -0.05) is 133 Å². The van der Waals surface area contributed by atoms with Crippen molar-refractivity contribution in [1.29, 1.82) is 0 Å². The first-order valence-corrected chi connectivity index (χ1v) is 13.1. The molecule has 0 aliphatic rings. The molecule has 0 saturated heterocycles. The SMILES string of the molecule is C=C(CB(CCC)Cc1cccc(C)c1C)[C@@H](C)CC.CCCC.CCc1ccccc1. The molecule has 32 heavy (non-hydrogen) atoms. The molecule has 0 spiro atoms. The Morgan fingerprint density at radius 2 is 1.47 bits per heavy atom. The molecule has 0 unspecified atom stereocenters. The summed E-state index contributed by atoms with van der Waals surface area (Å²) in [6, 6.07) is 17.2. The van der Waals surface area contributed by atoms with Gasteiger partial charge in [0.05, 0.1) is 0 Å². The van der Waals surface area contributed by atoms with Crippen LogP contribution in [0.4, 0.5) is 0 Å². The van der Waals surface area contributed by atoms with Crippen molar-refractivity contribution in [2.24, 2.45) is 5.92 Å². The van der Waals surface area contributed by atoms with E-state index in [-0.39, 0.29) is 0 Å². The van der Waals surface area contributed by atoms with E-state index in [1.54, 1.807) is 0 Å². The van der Waals surface area contributed by atoms with E-state index in [4.69, 9.17) is 0 Å². The Morgan fingerprint density at radius 3 is 1.94 bits per heavy atom. The molecular weight excluding hydrogens is 383 g/mol. The maximum absolute atomic E-state index is 4.33. The van der Waals surface area contributed by atoms with Gasteiger partial charge in [0.15, 0.2) is 0 Å². The monoisotopic (exact) mass is 434 g/mol. The molecule has 1 heteroatoms. The van der Waals surface area contributed by atoms with E-state index in [2.05, 4.69) is 104 Å². The Bertz CT molecular complexity index is 714. The molecule has 2 aromatic carbocycles. The van der Waals surface area contributed by atoms with Gasteiger partial charge in [0.1, 0.15) is 6.71 Å². The third-order valence-electron chi connectivity index (χ3n) is 6.53. The summed E-state index contributed by atoms with van der Waals surface area (Å²) in [6.45, 7) is 22.9. The predicted molar refractivity (Wildman–Crippen MR) is 150 cm³/mol. The summed E-state index contributed by atoms with van der Waals surface area (Å²) < 4.78 is 0. The average molecular weight is 435 g/mol. The summed E-state index contributed by atoms with van der Waals surface area (Å²) in [5.74, 6) is 0.660. The number of allylic oxidation sites excluding steroid dienone is 1. The molecule has 1 atom stereocenters. The smallest absolute Gasteiger partial charge is 0.100 e. The zero-order valence-corrected chi connectivity index (χ0v) is 22.6. The van der Waals surface area contributed by atoms with Crippen LogP contribution in [0.2, 0.25) is 12.6 Å². The summed E-state index contributed by atoms with van der Waals surface area (Å²) in [5.41, 5.74) is 7.27. The van der Waals surface area contributed by atoms with Gasteiger partial charge in [0.25, 0.3) is 0 Å². The van der Waals surface area contributed by atoms with Crippen LogP contribution in [0.3, 0.4) is 0 Å². The Kier molecular flexibility index (Phi) is 17.8. The highest BCUT2D eigenvalue weighted by atomic mass is 14.1. The fourth-order valence-electron chi connectivity index (χ4n) is 3.60. The third kappa shape index (κ3) is 12.9. The van der Waals surface area contributed by atoms with Gasteiger partial charge in [-0.2, -0.15) is 0 Å². The molecule has 0 heterocycles. The zero-order valence-electron chi connectivity index (χ0n) is 22.6. The lowest BCUT2D eigenvalue weighted by Gasteiger charge is -2.19. The second-order valence-corrected chi connectivity index (χ2v) is 9.23. The lowest BCUT2D eigenvalue weighted by Crippen LogP contribution is -2.19. The van der Waals surface area contributed by atoms with Crippen LogP contribution in [0.15, 0.2) is 60.7 Å². The van der Waals surface area contributed by atoms with Crippen molar-refractivity contribution in [1.82, 2.24) is 0 Å². The van der Waals surface area contributed by atoms with Crippen molar-refractivity contribution in [2.75, 3.05) is 0 Å². The van der Waals surface area contributed by atoms with Crippen molar-refractivity contribution < 1.29 is 0 Å². The van der Waals surface area contributed by atoms with Gasteiger partial charge >= 0.3 is 0 Å². The van der Waals surface area contributed by atoms with E-state index in [9.17, 15) is 0 Å². The van der Waals surface area contributed by atoms with E-state index < -0.39 is 0 Å². The standard InChI is InChI=1S/C19H31B.C8H10.C4H10/c1-7-12-20(13-17(5)15(3)8-2)14-19-11-9-10-16(4)18(19)6;1-2-8-6-4-3-5-7-8;1-3-4-2/h9-11,15H,5,7-8,12-14H2,1-4,6H3;3-7H,2H2,1H3;3-4H2,1-2H3/t15-;;/m0../s1. The molecule has 0 bridgehead atoms. The van der Waals surface area contributed by atoms with Crippen LogP contribution in [0.25, 0.3) is 0 Å². The van der Waals surface area contributed by atoms with E-state index in [0.29, 0.717) is 5.92 Å². The van der Waals surface area contributed by atoms with Crippen molar-refractivity contribution >= 4 is 6.71 Å². The molecule has 0 N–H and O–H groups in total. The Balaban J connectivity index is 0.000000653. The summed E-state index contributed by atoms with van der Waals surface area (Å²) >= 11 is 0. The number of unbranched alkanes of at least 4 members (excludes halogenated alkanes) is 1. The van der Waals surface area contributed by atoms with Crippen LogP contribution < -0.4 is 0 Å². The summed E-state index contributed by atoms with van der Waals surface area (Å²) in [6.07, 6.45) is 9.96. The van der Waals surface area contributed by atoms with Gasteiger partial charge < -0.3 is 0 Å². The molecule has 0 saturated carbocycles. The van der Waals surface area contributed by atoms with E-state index in [1.807, 2.05) is 6.07 Å². The van der Waals surface area contributed by atoms with Crippen LogP contribution in [0.5, 0.6) is 0 Å². The van der Waals surface area contributed by atoms with Crippen molar-refractivity contribution in [2.45, 2.75) is 106 Å². The summed E-state index contributed by atoms with van der Waals surface area (Å²) in [4.78, 5) is 0. The summed E-state index contributed by atoms with van der Waals surface area (Å²) in [5, 5.41) is 0. The second kappa shape index (κ2) is 18.8. The quantitative estimate of drug-likeness (QED) is 0.258. The lowest BCUT2D eigenvalue weighted by molar-refractivity contribution is 0.655. The molecule has 0 radical (unpaired) electrons. The number of hydrogen-bond acceptors (Lipinski definition) is 0. The summed E-state index contributed by atoms with van der Waals surface area (Å²) in [7, 11) is 0. The minimum absolute atomic E-state index is 0.660. The normalized spacial score (nSPS) is 10.9. The molecule has 0 nitrogen and oxygen atoms in total. The lowest BCUT2D eigenvalue weighted by atomic mass is 9.40. The van der Waals surface area contributed by atoms with Crippen molar-refractivity contribution in [3.63, 3.8) is 0 Å². The molecule has 2 aromatic rings. The van der Waals surface area contributed by atoms with Gasteiger partial charge in [-0.25, -0.2) is 0 Å². The average Bonchev–Trinajstić information content (AvgIpc) is 2.82. The number of hydrogen-bond donors (Lipinski definition) is 0. The maximum Gasteiger partial charge on any atom is 0.148 e. The minimum atomic E-state index is 0.660. The van der Waals surface area contributed by atoms with E-state index in [1.165, 1.54) is 72.5 Å². The topological polar surface area (TPSA) is 0 Å². The van der Waals surface area contributed by atoms with Crippen LogP contribution in [0.1, 0.15) is 89.5 Å². The Labute approximate surface area is 202 Å². The largest absolute Gasteiger partial charge is 0.148 e. The first-order valence-electron chi connectivity index (χ1n) is 13.1. The molecule has 0 aliphatic carbocycles. The van der Waals surface area contributed by atoms with Crippen LogP contribution in [0, 0.1) is 19.8 Å². The molecule has 0 aromatic heterocycles. The molecule has 178 valence electrons. The minimum Gasteiger partial charge on any atom is -0.100 e. The molecule has 2 rings (SSSR count). The second-order valence-electron chi connectivity index (χ2n) is 9.23. The molecule has 0 amide bonds. The van der Waals surface area contributed by atoms with E-state index in [0.717, 1.165) is 13.1 Å². The van der Waals surface area contributed by atoms with Gasteiger partial charge in [0, 0.05) is 0 Å². The Hall–Kier alpha value is -1.76. The fourth-order valence-corrected chi connectivity index (χ4v) is 3.60. The third-order valence-corrected chi connectivity index (χ3v) is 6.53. The molecule has 0 fully saturated rings. The first kappa shape index (κ1) is 30.2. The van der Waals surface area contributed by atoms with Gasteiger partial charge in [-0.05, 0) is 55.6 Å². The van der Waals surface area contributed by atoms with Crippen molar-refractivity contribution in [3.8, 4) is 0 Å². The van der Waals surface area contributed by atoms with Crippen LogP contribution >= 0.6 is 0 Å².